The molecule has 0 spiro atoms. The molecule has 0 radical (unpaired) electrons. The van der Waals surface area contributed by atoms with Crippen LogP contribution in [0, 0.1) is 0 Å². The Labute approximate surface area is 76.6 Å². The zero-order chi connectivity index (χ0) is 9.90. The van der Waals surface area contributed by atoms with Crippen molar-refractivity contribution in [3.63, 3.8) is 0 Å². The van der Waals surface area contributed by atoms with Gasteiger partial charge in [-0.2, -0.15) is 0 Å². The van der Waals surface area contributed by atoms with E-state index < -0.39 is 11.5 Å². The standard InChI is InChI=1S/C9H13NO3/c1-9(2,12)8(11)10-6-7-4-3-5-13-7/h3-5,12H,6H2,1-2H3,(H,10,11). The summed E-state index contributed by atoms with van der Waals surface area (Å²) in [5.74, 6) is 0.251. The van der Waals surface area contributed by atoms with Crippen LogP contribution in [0.3, 0.4) is 0 Å². The van der Waals surface area contributed by atoms with Gasteiger partial charge < -0.3 is 14.8 Å². The number of carbonyl (C=O) groups is 1. The lowest BCUT2D eigenvalue weighted by Crippen LogP contribution is -2.41. The zero-order valence-electron chi connectivity index (χ0n) is 7.70. The van der Waals surface area contributed by atoms with Crippen molar-refractivity contribution in [1.82, 2.24) is 5.32 Å². The molecule has 0 atom stereocenters. The van der Waals surface area contributed by atoms with E-state index in [1.807, 2.05) is 0 Å². The third-order valence-electron chi connectivity index (χ3n) is 1.56. The normalized spacial score (nSPS) is 11.3. The van der Waals surface area contributed by atoms with Gasteiger partial charge in [-0.05, 0) is 26.0 Å². The van der Waals surface area contributed by atoms with Crippen LogP contribution in [0.15, 0.2) is 22.8 Å². The maximum atomic E-state index is 11.2. The molecule has 72 valence electrons. The maximum Gasteiger partial charge on any atom is 0.251 e. The minimum absolute atomic E-state index is 0.301. The van der Waals surface area contributed by atoms with Gasteiger partial charge in [0, 0.05) is 0 Å². The molecule has 4 heteroatoms. The lowest BCUT2D eigenvalue weighted by Gasteiger charge is -2.15. The van der Waals surface area contributed by atoms with Crippen molar-refractivity contribution >= 4 is 5.91 Å². The molecule has 1 aromatic rings. The van der Waals surface area contributed by atoms with Crippen molar-refractivity contribution in [2.75, 3.05) is 0 Å². The van der Waals surface area contributed by atoms with Crippen LogP contribution in [-0.2, 0) is 11.3 Å². The van der Waals surface area contributed by atoms with E-state index in [4.69, 9.17) is 4.42 Å². The molecule has 0 unspecified atom stereocenters. The molecule has 13 heavy (non-hydrogen) atoms. The number of furan rings is 1. The zero-order valence-corrected chi connectivity index (χ0v) is 7.70. The number of hydrogen-bond donors (Lipinski definition) is 2. The van der Waals surface area contributed by atoms with Crippen LogP contribution >= 0.6 is 0 Å². The fourth-order valence-corrected chi connectivity index (χ4v) is 0.797. The van der Waals surface area contributed by atoms with Gasteiger partial charge in [-0.25, -0.2) is 0 Å². The molecule has 1 rings (SSSR count). The Bertz CT molecular complexity index is 272. The molecule has 0 bridgehead atoms. The van der Waals surface area contributed by atoms with Gasteiger partial charge in [0.15, 0.2) is 0 Å². The van der Waals surface area contributed by atoms with Gasteiger partial charge in [0.2, 0.25) is 0 Å². The third kappa shape index (κ3) is 2.91. The van der Waals surface area contributed by atoms with E-state index in [-0.39, 0.29) is 0 Å². The average molecular weight is 183 g/mol. The summed E-state index contributed by atoms with van der Waals surface area (Å²) in [5.41, 5.74) is -1.34. The minimum Gasteiger partial charge on any atom is -0.467 e. The summed E-state index contributed by atoms with van der Waals surface area (Å²) in [4.78, 5) is 11.2. The van der Waals surface area contributed by atoms with Gasteiger partial charge in [0.05, 0.1) is 12.8 Å². The second kappa shape index (κ2) is 3.62. The number of nitrogens with one attached hydrogen (secondary N) is 1. The molecular weight excluding hydrogens is 170 g/mol. The monoisotopic (exact) mass is 183 g/mol. The molecule has 1 heterocycles. The van der Waals surface area contributed by atoms with Gasteiger partial charge in [-0.3, -0.25) is 4.79 Å². The van der Waals surface area contributed by atoms with Crippen LogP contribution < -0.4 is 5.32 Å². The first-order valence-corrected chi connectivity index (χ1v) is 4.03. The molecule has 0 aliphatic heterocycles. The lowest BCUT2D eigenvalue weighted by atomic mass is 10.1. The van der Waals surface area contributed by atoms with Crippen LogP contribution in [0.4, 0.5) is 0 Å². The molecule has 0 fully saturated rings. The minimum atomic E-state index is -1.34. The van der Waals surface area contributed by atoms with Crippen molar-refractivity contribution in [1.29, 1.82) is 0 Å². The number of amides is 1. The molecule has 4 nitrogen and oxygen atoms in total. The SMILES string of the molecule is CC(C)(O)C(=O)NCc1ccco1. The first-order valence-electron chi connectivity index (χ1n) is 4.03. The van der Waals surface area contributed by atoms with E-state index in [0.717, 1.165) is 0 Å². The lowest BCUT2D eigenvalue weighted by molar-refractivity contribution is -0.136. The fourth-order valence-electron chi connectivity index (χ4n) is 0.797. The van der Waals surface area contributed by atoms with Crippen LogP contribution in [-0.4, -0.2) is 16.6 Å². The Morgan fingerprint density at radius 1 is 1.69 bits per heavy atom. The maximum absolute atomic E-state index is 11.2. The Hall–Kier alpha value is -1.29. The number of hydrogen-bond acceptors (Lipinski definition) is 3. The van der Waals surface area contributed by atoms with Crippen LogP contribution in [0.5, 0.6) is 0 Å². The van der Waals surface area contributed by atoms with Crippen molar-refractivity contribution in [3.8, 4) is 0 Å². The van der Waals surface area contributed by atoms with Gasteiger partial charge in [0.25, 0.3) is 5.91 Å². The summed E-state index contributed by atoms with van der Waals surface area (Å²) in [6, 6.07) is 3.50. The molecule has 0 aliphatic carbocycles. The molecule has 1 amide bonds. The number of aliphatic hydroxyl groups is 1. The molecule has 0 aromatic carbocycles. The molecule has 0 saturated heterocycles. The van der Waals surface area contributed by atoms with Crippen LogP contribution in [0.2, 0.25) is 0 Å². The third-order valence-corrected chi connectivity index (χ3v) is 1.56. The Kier molecular flexibility index (Phi) is 2.72. The second-order valence-corrected chi connectivity index (χ2v) is 3.32. The summed E-state index contributed by atoms with van der Waals surface area (Å²) in [6.45, 7) is 3.17. The molecule has 1 aromatic heterocycles. The van der Waals surface area contributed by atoms with Crippen molar-refractivity contribution < 1.29 is 14.3 Å². The first kappa shape index (κ1) is 9.80. The summed E-state index contributed by atoms with van der Waals surface area (Å²) < 4.78 is 5.00. The molecule has 0 aliphatic rings. The van der Waals surface area contributed by atoms with E-state index >= 15 is 0 Å². The van der Waals surface area contributed by atoms with Crippen molar-refractivity contribution in [2.45, 2.75) is 26.0 Å². The van der Waals surface area contributed by atoms with Crippen LogP contribution in [0.1, 0.15) is 19.6 Å². The van der Waals surface area contributed by atoms with E-state index in [1.54, 1.807) is 12.1 Å². The van der Waals surface area contributed by atoms with Crippen LogP contribution in [0.25, 0.3) is 0 Å². The van der Waals surface area contributed by atoms with E-state index in [0.29, 0.717) is 12.3 Å². The van der Waals surface area contributed by atoms with Gasteiger partial charge in [-0.15, -0.1) is 0 Å². The smallest absolute Gasteiger partial charge is 0.251 e. The summed E-state index contributed by atoms with van der Waals surface area (Å²) in [7, 11) is 0. The highest BCUT2D eigenvalue weighted by Crippen LogP contribution is 2.03. The average Bonchev–Trinajstić information content (AvgIpc) is 2.50. The van der Waals surface area contributed by atoms with Gasteiger partial charge in [-0.1, -0.05) is 0 Å². The quantitative estimate of drug-likeness (QED) is 0.723. The highest BCUT2D eigenvalue weighted by Gasteiger charge is 2.23. The highest BCUT2D eigenvalue weighted by atomic mass is 16.3. The van der Waals surface area contributed by atoms with Crippen molar-refractivity contribution in [2.24, 2.45) is 0 Å². The highest BCUT2D eigenvalue weighted by molar-refractivity contribution is 5.83. The Morgan fingerprint density at radius 2 is 2.38 bits per heavy atom. The van der Waals surface area contributed by atoms with E-state index in [1.165, 1.54) is 20.1 Å². The number of carbonyl (C=O) groups excluding carboxylic acids is 1. The van der Waals surface area contributed by atoms with Gasteiger partial charge >= 0.3 is 0 Å². The topological polar surface area (TPSA) is 62.5 Å². The summed E-state index contributed by atoms with van der Waals surface area (Å²) >= 11 is 0. The second-order valence-electron chi connectivity index (χ2n) is 3.32. The van der Waals surface area contributed by atoms with E-state index in [2.05, 4.69) is 5.32 Å². The Morgan fingerprint density at radius 3 is 2.85 bits per heavy atom. The summed E-state index contributed by atoms with van der Waals surface area (Å²) in [6.07, 6.45) is 1.53. The van der Waals surface area contributed by atoms with Crippen molar-refractivity contribution in [3.05, 3.63) is 24.2 Å². The molecule has 0 saturated carbocycles. The van der Waals surface area contributed by atoms with Gasteiger partial charge in [0.1, 0.15) is 11.4 Å². The number of rotatable bonds is 3. The Balaban J connectivity index is 2.40. The predicted molar refractivity (Wildman–Crippen MR) is 46.9 cm³/mol. The molecule has 2 N–H and O–H groups in total. The predicted octanol–water partition coefficient (Wildman–Crippen LogP) is 0.667. The first-order chi connectivity index (χ1) is 6.00. The summed E-state index contributed by atoms with van der Waals surface area (Å²) in [5, 5.41) is 11.8. The molecular formula is C9H13NO3. The fraction of sp³-hybridized carbons (Fsp3) is 0.444. The van der Waals surface area contributed by atoms with E-state index in [9.17, 15) is 9.90 Å². The largest absolute Gasteiger partial charge is 0.467 e.